The van der Waals surface area contributed by atoms with Gasteiger partial charge in [-0.05, 0) is 11.0 Å². The zero-order valence-electron chi connectivity index (χ0n) is 15.0. The first kappa shape index (κ1) is 11.1. The summed E-state index contributed by atoms with van der Waals surface area (Å²) in [6.07, 6.45) is 0.722. The Morgan fingerprint density at radius 2 is 2.00 bits per heavy atom. The van der Waals surface area contributed by atoms with E-state index in [9.17, 15) is 30.3 Å². The third-order valence-electron chi connectivity index (χ3n) is 2.59. The molecular formula is C11H9N5O7. The van der Waals surface area contributed by atoms with Gasteiger partial charge in [0.15, 0.2) is 11.4 Å². The van der Waals surface area contributed by atoms with E-state index in [2.05, 4.69) is 4.98 Å². The van der Waals surface area contributed by atoms with Gasteiger partial charge in [-0.3, -0.25) is 20.2 Å². The van der Waals surface area contributed by atoms with Crippen molar-refractivity contribution >= 4 is 17.3 Å². The monoisotopic (exact) mass is 327 g/mol. The highest BCUT2D eigenvalue weighted by Crippen LogP contribution is 2.31. The van der Waals surface area contributed by atoms with Crippen molar-refractivity contribution in [3.63, 3.8) is 0 Å². The van der Waals surface area contributed by atoms with Crippen LogP contribution in [0.1, 0.15) is 11.2 Å². The minimum atomic E-state index is -3.07. The average molecular weight is 327 g/mol. The first-order valence-corrected chi connectivity index (χ1v) is 5.67. The van der Waals surface area contributed by atoms with E-state index in [0.717, 1.165) is 18.3 Å². The Morgan fingerprint density at radius 3 is 2.57 bits per heavy atom. The van der Waals surface area contributed by atoms with Crippen molar-refractivity contribution in [1.82, 2.24) is 9.55 Å². The smallest absolute Gasteiger partial charge is 0.434 e. The van der Waals surface area contributed by atoms with Crippen LogP contribution in [0.5, 0.6) is 5.75 Å². The fourth-order valence-corrected chi connectivity index (χ4v) is 1.55. The topological polar surface area (TPSA) is 156 Å². The standard InChI is InChI=1S/C11H9N5O7/c1-13-8(5-12-11(13)16(21)22)6-23-10-3-2-7(14(17)18)4-9(10)15(19)20/h2-5H,6H2,1H3/i1D3,6D. The minimum Gasteiger partial charge on any atom is -0.479 e. The molecule has 0 spiro atoms. The van der Waals surface area contributed by atoms with Crippen molar-refractivity contribution in [2.75, 3.05) is 0 Å². The molecule has 0 aliphatic carbocycles. The number of ether oxygens (including phenoxy) is 1. The maximum Gasteiger partial charge on any atom is 0.434 e. The van der Waals surface area contributed by atoms with Gasteiger partial charge in [0.1, 0.15) is 12.8 Å². The second kappa shape index (κ2) is 6.05. The summed E-state index contributed by atoms with van der Waals surface area (Å²) in [5.74, 6) is -1.63. The van der Waals surface area contributed by atoms with Crippen LogP contribution in [0, 0.1) is 30.3 Å². The van der Waals surface area contributed by atoms with Gasteiger partial charge in [-0.15, -0.1) is 0 Å². The third kappa shape index (κ3) is 3.20. The van der Waals surface area contributed by atoms with Gasteiger partial charge < -0.3 is 14.9 Å². The molecule has 0 aliphatic rings. The molecule has 0 aliphatic heterocycles. The Balaban J connectivity index is 2.47. The van der Waals surface area contributed by atoms with Crippen molar-refractivity contribution in [3.05, 3.63) is 60.4 Å². The molecule has 12 heteroatoms. The average Bonchev–Trinajstić information content (AvgIpc) is 3.00. The van der Waals surface area contributed by atoms with Gasteiger partial charge >= 0.3 is 11.6 Å². The molecule has 1 aromatic carbocycles. The van der Waals surface area contributed by atoms with E-state index < -0.39 is 57.1 Å². The third-order valence-corrected chi connectivity index (χ3v) is 2.59. The lowest BCUT2D eigenvalue weighted by Crippen LogP contribution is -2.06. The number of nitrogens with zero attached hydrogens (tertiary/aromatic N) is 5. The number of imidazole rings is 1. The van der Waals surface area contributed by atoms with Crippen LogP contribution in [-0.4, -0.2) is 24.3 Å². The summed E-state index contributed by atoms with van der Waals surface area (Å²) in [6.45, 7) is -5.02. The summed E-state index contributed by atoms with van der Waals surface area (Å²) in [6, 6.07) is 2.35. The van der Waals surface area contributed by atoms with Crippen LogP contribution >= 0.6 is 0 Å². The lowest BCUT2D eigenvalue weighted by Gasteiger charge is -2.05. The number of hydrogen-bond acceptors (Lipinski definition) is 8. The summed E-state index contributed by atoms with van der Waals surface area (Å²) >= 11 is 0. The second-order valence-corrected chi connectivity index (χ2v) is 3.98. The van der Waals surface area contributed by atoms with Crippen LogP contribution in [-0.2, 0) is 13.6 Å². The molecular weight excluding hydrogens is 314 g/mol. The fourth-order valence-electron chi connectivity index (χ4n) is 1.55. The molecule has 1 unspecified atom stereocenters. The Labute approximate surface area is 133 Å². The van der Waals surface area contributed by atoms with Crippen LogP contribution in [0.25, 0.3) is 0 Å². The first-order chi connectivity index (χ1) is 12.4. The molecule has 0 radical (unpaired) electrons. The van der Waals surface area contributed by atoms with E-state index in [-0.39, 0.29) is 4.57 Å². The highest BCUT2D eigenvalue weighted by molar-refractivity contribution is 5.53. The minimum absolute atomic E-state index is 0.182. The lowest BCUT2D eigenvalue weighted by molar-refractivity contribution is -0.396. The van der Waals surface area contributed by atoms with E-state index >= 15 is 0 Å². The summed E-state index contributed by atoms with van der Waals surface area (Å²) in [7, 11) is 0. The van der Waals surface area contributed by atoms with Gasteiger partial charge in [-0.25, -0.2) is 4.57 Å². The molecule has 0 bridgehead atoms. The summed E-state index contributed by atoms with van der Waals surface area (Å²) in [5, 5.41) is 32.7. The number of aromatic nitrogens is 2. The van der Waals surface area contributed by atoms with E-state index in [4.69, 9.17) is 10.2 Å². The van der Waals surface area contributed by atoms with E-state index in [1.165, 1.54) is 0 Å². The molecule has 2 rings (SSSR count). The molecule has 1 aromatic heterocycles. The SMILES string of the molecule is [2H]C(Oc1ccc([N+](=O)[O-])cc1[N+](=O)[O-])c1cnc([N+](=O)[O-])n1C([2H])([2H])[2H]. The molecule has 120 valence electrons. The highest BCUT2D eigenvalue weighted by atomic mass is 16.6. The van der Waals surface area contributed by atoms with Crippen molar-refractivity contribution in [2.45, 2.75) is 6.58 Å². The van der Waals surface area contributed by atoms with Gasteiger partial charge in [0.2, 0.25) is 0 Å². The van der Waals surface area contributed by atoms with Crippen molar-refractivity contribution < 1.29 is 25.0 Å². The van der Waals surface area contributed by atoms with Gasteiger partial charge in [0.25, 0.3) is 5.69 Å². The second-order valence-electron chi connectivity index (χ2n) is 3.98. The maximum atomic E-state index is 11.1. The molecule has 2 aromatic rings. The Kier molecular flexibility index (Phi) is 2.91. The van der Waals surface area contributed by atoms with Crippen LogP contribution in [0.3, 0.4) is 0 Å². The number of rotatable bonds is 6. The predicted octanol–water partition coefficient (Wildman–Crippen LogP) is 1.72. The zero-order chi connectivity index (χ0) is 20.5. The molecule has 23 heavy (non-hydrogen) atoms. The van der Waals surface area contributed by atoms with Crippen LogP contribution in [0.2, 0.25) is 0 Å². The molecule has 1 atom stereocenters. The molecule has 0 saturated carbocycles. The number of non-ortho nitro benzene ring substituents is 1. The number of nitro groups is 3. The van der Waals surface area contributed by atoms with Crippen LogP contribution < -0.4 is 4.74 Å². The van der Waals surface area contributed by atoms with E-state index in [0.29, 0.717) is 6.07 Å². The quantitative estimate of drug-likeness (QED) is 0.573. The van der Waals surface area contributed by atoms with Crippen LogP contribution in [0.15, 0.2) is 24.4 Å². The molecule has 0 N–H and O–H groups in total. The van der Waals surface area contributed by atoms with E-state index in [1.807, 2.05) is 0 Å². The number of benzene rings is 1. The molecule has 0 amide bonds. The number of hydrogen-bond donors (Lipinski definition) is 0. The summed E-state index contributed by atoms with van der Waals surface area (Å²) in [5.41, 5.74) is -2.00. The predicted molar refractivity (Wildman–Crippen MR) is 73.9 cm³/mol. The van der Waals surface area contributed by atoms with Gasteiger partial charge in [0.05, 0.1) is 28.4 Å². The first-order valence-electron chi connectivity index (χ1n) is 7.75. The Hall–Kier alpha value is -3.57. The molecule has 12 nitrogen and oxygen atoms in total. The summed E-state index contributed by atoms with van der Waals surface area (Å²) < 4.78 is 35.2. The summed E-state index contributed by atoms with van der Waals surface area (Å²) in [4.78, 5) is 33.1. The Bertz CT molecular complexity index is 928. The number of nitro benzene ring substituents is 2. The van der Waals surface area contributed by atoms with Gasteiger partial charge in [-0.1, -0.05) is 4.98 Å². The van der Waals surface area contributed by atoms with Crippen molar-refractivity contribution in [3.8, 4) is 5.75 Å². The largest absolute Gasteiger partial charge is 0.479 e. The molecule has 1 heterocycles. The maximum absolute atomic E-state index is 11.1. The van der Waals surface area contributed by atoms with Crippen LogP contribution in [0.4, 0.5) is 17.3 Å². The highest BCUT2D eigenvalue weighted by Gasteiger charge is 2.22. The van der Waals surface area contributed by atoms with Gasteiger partial charge in [0, 0.05) is 6.07 Å². The Morgan fingerprint density at radius 1 is 1.26 bits per heavy atom. The fraction of sp³-hybridized carbons (Fsp3) is 0.182. The van der Waals surface area contributed by atoms with Crippen molar-refractivity contribution in [1.29, 1.82) is 0 Å². The normalized spacial score (nSPS) is 14.8. The zero-order valence-corrected chi connectivity index (χ0v) is 11.0. The molecule has 0 saturated heterocycles. The van der Waals surface area contributed by atoms with Gasteiger partial charge in [-0.2, -0.15) is 0 Å². The van der Waals surface area contributed by atoms with Crippen molar-refractivity contribution in [2.24, 2.45) is 6.98 Å². The molecule has 0 fully saturated rings. The van der Waals surface area contributed by atoms with E-state index in [1.54, 1.807) is 0 Å². The lowest BCUT2D eigenvalue weighted by atomic mass is 10.2.